The molecule has 0 radical (unpaired) electrons. The van der Waals surface area contributed by atoms with Crippen LogP contribution >= 0.6 is 15.9 Å². The fraction of sp³-hybridized carbons (Fsp3) is 0.536. The predicted molar refractivity (Wildman–Crippen MR) is 144 cm³/mol. The van der Waals surface area contributed by atoms with Crippen molar-refractivity contribution in [2.75, 3.05) is 6.61 Å². The van der Waals surface area contributed by atoms with Gasteiger partial charge in [-0.2, -0.15) is 0 Å². The van der Waals surface area contributed by atoms with Crippen LogP contribution < -0.4 is 0 Å². The smallest absolute Gasteiger partial charge is 0.302 e. The normalized spacial score (nSPS) is 19.0. The number of carbonyl (C=O) groups is 1. The van der Waals surface area contributed by atoms with Crippen LogP contribution in [-0.4, -0.2) is 31.1 Å². The zero-order valence-corrected chi connectivity index (χ0v) is 23.8. The number of hydrogen-bond acceptors (Lipinski definition) is 4. The highest BCUT2D eigenvalue weighted by Crippen LogP contribution is 2.45. The number of hydrogen-bond donors (Lipinski definition) is 0. The van der Waals surface area contributed by atoms with Gasteiger partial charge >= 0.3 is 5.97 Å². The van der Waals surface area contributed by atoms with Crippen molar-refractivity contribution < 1.29 is 17.9 Å². The van der Waals surface area contributed by atoms with Gasteiger partial charge in [-0.05, 0) is 82.1 Å². The second kappa shape index (κ2) is 12.3. The van der Waals surface area contributed by atoms with Crippen LogP contribution in [0.1, 0.15) is 73.6 Å². The molecule has 188 valence electrons. The summed E-state index contributed by atoms with van der Waals surface area (Å²) >= 11 is 3.79. The summed E-state index contributed by atoms with van der Waals surface area (Å²) in [5.74, 6) is -0.290. The molecule has 1 aromatic rings. The quantitative estimate of drug-likeness (QED) is 0.173. The number of halogens is 1. The first-order valence-corrected chi connectivity index (χ1v) is 14.4. The first-order chi connectivity index (χ1) is 15.9. The Balaban J connectivity index is 2.37. The van der Waals surface area contributed by atoms with Gasteiger partial charge in [-0.15, -0.1) is 0 Å². The minimum absolute atomic E-state index is 0.0469. The molecule has 1 aliphatic carbocycles. The van der Waals surface area contributed by atoms with Crippen LogP contribution in [0.15, 0.2) is 69.7 Å². The maximum absolute atomic E-state index is 13.9. The van der Waals surface area contributed by atoms with Gasteiger partial charge in [-0.3, -0.25) is 4.79 Å². The van der Waals surface area contributed by atoms with E-state index in [9.17, 15) is 13.2 Å². The van der Waals surface area contributed by atoms with Crippen molar-refractivity contribution in [2.45, 2.75) is 88.6 Å². The van der Waals surface area contributed by atoms with Crippen molar-refractivity contribution in [1.82, 2.24) is 0 Å². The molecule has 4 nitrogen and oxygen atoms in total. The van der Waals surface area contributed by atoms with Crippen molar-refractivity contribution >= 4 is 31.7 Å². The van der Waals surface area contributed by atoms with Crippen LogP contribution in [0.4, 0.5) is 0 Å². The molecule has 34 heavy (non-hydrogen) atoms. The first-order valence-electron chi connectivity index (χ1n) is 12.0. The van der Waals surface area contributed by atoms with Gasteiger partial charge in [0.2, 0.25) is 0 Å². The summed E-state index contributed by atoms with van der Waals surface area (Å²) in [6.45, 7) is 12.1. The summed E-state index contributed by atoms with van der Waals surface area (Å²) < 4.78 is 32.8. The third-order valence-corrected chi connectivity index (χ3v) is 9.80. The largest absolute Gasteiger partial charge is 0.462 e. The fourth-order valence-electron chi connectivity index (χ4n) is 4.68. The number of carbonyl (C=O) groups excluding carboxylic acids is 1. The summed E-state index contributed by atoms with van der Waals surface area (Å²) in [7, 11) is -3.60. The van der Waals surface area contributed by atoms with Crippen molar-refractivity contribution in [3.05, 3.63) is 64.8 Å². The lowest BCUT2D eigenvalue weighted by molar-refractivity contribution is -0.139. The average molecular weight is 552 g/mol. The molecule has 0 aromatic heterocycles. The van der Waals surface area contributed by atoms with Crippen LogP contribution in [0.2, 0.25) is 0 Å². The van der Waals surface area contributed by atoms with E-state index in [0.29, 0.717) is 4.90 Å². The van der Waals surface area contributed by atoms with Gasteiger partial charge in [-0.1, -0.05) is 70.8 Å². The van der Waals surface area contributed by atoms with E-state index in [1.807, 2.05) is 32.1 Å². The summed E-state index contributed by atoms with van der Waals surface area (Å²) in [6, 6.07) is 8.80. The Kier molecular flexibility index (Phi) is 10.4. The molecule has 1 aromatic carbocycles. The molecule has 0 spiro atoms. The highest BCUT2D eigenvalue weighted by molar-refractivity contribution is 9.09. The lowest BCUT2D eigenvalue weighted by atomic mass is 9.71. The Morgan fingerprint density at radius 1 is 1.18 bits per heavy atom. The van der Waals surface area contributed by atoms with Gasteiger partial charge in [-0.25, -0.2) is 8.42 Å². The van der Waals surface area contributed by atoms with E-state index in [1.165, 1.54) is 12.5 Å². The molecule has 0 fully saturated rings. The fourth-order valence-corrected chi connectivity index (χ4v) is 7.12. The van der Waals surface area contributed by atoms with Crippen LogP contribution in [0.3, 0.4) is 0 Å². The lowest BCUT2D eigenvalue weighted by Crippen LogP contribution is -2.34. The second-order valence-electron chi connectivity index (χ2n) is 9.98. The highest BCUT2D eigenvalue weighted by atomic mass is 79.9. The zero-order chi connectivity index (χ0) is 25.5. The number of esters is 1. The molecule has 2 unspecified atom stereocenters. The number of ether oxygens (including phenoxy) is 1. The van der Waals surface area contributed by atoms with Gasteiger partial charge in [0.25, 0.3) is 0 Å². The van der Waals surface area contributed by atoms with Gasteiger partial charge in [0.15, 0.2) is 9.84 Å². The molecule has 1 aliphatic rings. The SMILES string of the molecule is CC(=O)OC/C=C(\C)CCC(Br)/C(C)=C/C(C1=C(C)CCCC1(C)C)S(=O)(=O)c1ccccc1. The minimum atomic E-state index is -3.60. The van der Waals surface area contributed by atoms with Gasteiger partial charge in [0.1, 0.15) is 11.9 Å². The number of benzene rings is 1. The average Bonchev–Trinajstić information content (AvgIpc) is 2.76. The first kappa shape index (κ1) is 28.6. The van der Waals surface area contributed by atoms with Crippen molar-refractivity contribution in [3.8, 4) is 0 Å². The van der Waals surface area contributed by atoms with Crippen molar-refractivity contribution in [3.63, 3.8) is 0 Å². The van der Waals surface area contributed by atoms with Crippen LogP contribution in [-0.2, 0) is 19.4 Å². The van der Waals surface area contributed by atoms with E-state index in [0.717, 1.165) is 48.8 Å². The molecule has 2 atom stereocenters. The molecule has 2 rings (SSSR count). The van der Waals surface area contributed by atoms with Gasteiger partial charge < -0.3 is 4.74 Å². The minimum Gasteiger partial charge on any atom is -0.462 e. The summed E-state index contributed by atoms with van der Waals surface area (Å²) in [6.07, 6.45) is 8.54. The van der Waals surface area contributed by atoms with E-state index in [4.69, 9.17) is 4.74 Å². The van der Waals surface area contributed by atoms with Crippen molar-refractivity contribution in [1.29, 1.82) is 0 Å². The Bertz CT molecular complexity index is 1050. The maximum atomic E-state index is 13.9. The van der Waals surface area contributed by atoms with Gasteiger partial charge in [0, 0.05) is 11.8 Å². The Morgan fingerprint density at radius 2 is 1.82 bits per heavy atom. The number of allylic oxidation sites excluding steroid dienone is 3. The molecular weight excluding hydrogens is 512 g/mol. The van der Waals surface area contributed by atoms with Crippen molar-refractivity contribution in [2.24, 2.45) is 5.41 Å². The molecule has 0 heterocycles. The lowest BCUT2D eigenvalue weighted by Gasteiger charge is -2.38. The third kappa shape index (κ3) is 7.67. The molecule has 0 saturated heterocycles. The molecule has 0 aliphatic heterocycles. The van der Waals surface area contributed by atoms with E-state index in [-0.39, 0.29) is 22.8 Å². The zero-order valence-electron chi connectivity index (χ0n) is 21.4. The van der Waals surface area contributed by atoms with E-state index in [2.05, 4.69) is 36.7 Å². The number of rotatable bonds is 10. The van der Waals surface area contributed by atoms with E-state index >= 15 is 0 Å². The molecule has 6 heteroatoms. The Morgan fingerprint density at radius 3 is 2.41 bits per heavy atom. The molecule has 0 saturated carbocycles. The predicted octanol–water partition coefficient (Wildman–Crippen LogP) is 7.35. The molecule has 0 amide bonds. The monoisotopic (exact) mass is 550 g/mol. The van der Waals surface area contributed by atoms with E-state index < -0.39 is 15.1 Å². The summed E-state index contributed by atoms with van der Waals surface area (Å²) in [4.78, 5) is 11.4. The number of alkyl halides is 1. The standard InChI is InChI=1S/C28H39BrO4S/c1-20(16-18-33-23(4)30)14-15-25(29)22(3)19-26(27-21(2)11-10-17-28(27,5)6)34(31,32)24-12-8-7-9-13-24/h7-9,12-13,16,19,25-26H,10-11,14-15,17-18H2,1-6H3/b20-16+,22-19+. The van der Waals surface area contributed by atoms with Crippen LogP contribution in [0.25, 0.3) is 0 Å². The van der Waals surface area contributed by atoms with E-state index in [1.54, 1.807) is 24.3 Å². The highest BCUT2D eigenvalue weighted by Gasteiger charge is 2.39. The van der Waals surface area contributed by atoms with Crippen LogP contribution in [0.5, 0.6) is 0 Å². The van der Waals surface area contributed by atoms with Gasteiger partial charge in [0.05, 0.1) is 4.90 Å². The molecule has 0 bridgehead atoms. The molecule has 0 N–H and O–H groups in total. The summed E-state index contributed by atoms with van der Waals surface area (Å²) in [5.41, 5.74) is 4.21. The molecular formula is C28H39BrO4S. The maximum Gasteiger partial charge on any atom is 0.302 e. The summed E-state index contributed by atoms with van der Waals surface area (Å²) in [5, 5.41) is -0.689. The topological polar surface area (TPSA) is 60.4 Å². The number of sulfone groups is 1. The second-order valence-corrected chi connectivity index (χ2v) is 13.2. The third-order valence-electron chi connectivity index (χ3n) is 6.65. The Labute approximate surface area is 214 Å². The van der Waals surface area contributed by atoms with Crippen LogP contribution in [0, 0.1) is 5.41 Å². The Hall–Kier alpha value is -1.66.